The second-order valence-corrected chi connectivity index (χ2v) is 2.01. The number of benzene rings is 1. The fourth-order valence-electron chi connectivity index (χ4n) is 0.665. The summed E-state index contributed by atoms with van der Waals surface area (Å²) in [5, 5.41) is 0. The Hall–Kier alpha value is -1.06. The highest BCUT2D eigenvalue weighted by molar-refractivity contribution is 5.18. The van der Waals surface area contributed by atoms with E-state index in [1.165, 1.54) is 0 Å². The largest absolute Gasteiger partial charge is 0.416 e. The van der Waals surface area contributed by atoms with Crippen LogP contribution in [0.1, 0.15) is 5.56 Å². The summed E-state index contributed by atoms with van der Waals surface area (Å²) >= 11 is 0. The van der Waals surface area contributed by atoms with Gasteiger partial charge in [0.15, 0.2) is 0 Å². The van der Waals surface area contributed by atoms with Crippen molar-refractivity contribution < 1.29 is 17.6 Å². The zero-order valence-electron chi connectivity index (χ0n) is 5.32. The minimum absolute atomic E-state index is 0.458. The molecule has 0 fully saturated rings. The summed E-state index contributed by atoms with van der Waals surface area (Å²) in [7, 11) is 0. The SMILES string of the molecule is Fc1cccc([11C](F)(F)F)c1. The maximum Gasteiger partial charge on any atom is 0.416 e. The molecule has 0 bridgehead atoms. The van der Waals surface area contributed by atoms with Crippen LogP contribution in [-0.2, 0) is 6.18 Å². The molecule has 0 aromatic heterocycles. The Balaban J connectivity index is 3.06. The van der Waals surface area contributed by atoms with E-state index in [-0.39, 0.29) is 0 Å². The van der Waals surface area contributed by atoms with Gasteiger partial charge in [-0.25, -0.2) is 4.39 Å². The summed E-state index contributed by atoms with van der Waals surface area (Å²) in [6.45, 7) is 0. The van der Waals surface area contributed by atoms with Crippen LogP contribution in [0, 0.1) is 5.82 Å². The average Bonchev–Trinajstić information content (AvgIpc) is 1.86. The molecular weight excluding hydrogens is 159 g/mol. The van der Waals surface area contributed by atoms with Gasteiger partial charge in [-0.2, -0.15) is 13.2 Å². The van der Waals surface area contributed by atoms with Crippen LogP contribution in [0.3, 0.4) is 0 Å². The lowest BCUT2D eigenvalue weighted by molar-refractivity contribution is -0.137. The van der Waals surface area contributed by atoms with Gasteiger partial charge in [-0.15, -0.1) is 0 Å². The van der Waals surface area contributed by atoms with Crippen molar-refractivity contribution >= 4 is 0 Å². The van der Waals surface area contributed by atoms with Crippen molar-refractivity contribution in [2.24, 2.45) is 0 Å². The lowest BCUT2D eigenvalue weighted by Crippen LogP contribution is -2.04. The maximum absolute atomic E-state index is 12.2. The second kappa shape index (κ2) is 2.53. The third kappa shape index (κ3) is 1.93. The fraction of sp³-hybridized carbons (Fsp3) is 0.143. The van der Waals surface area contributed by atoms with Crippen molar-refractivity contribution in [1.82, 2.24) is 0 Å². The van der Waals surface area contributed by atoms with E-state index in [0.29, 0.717) is 6.07 Å². The van der Waals surface area contributed by atoms with Crippen molar-refractivity contribution in [2.75, 3.05) is 0 Å². The molecular formula is C7H4F4. The molecule has 4 heteroatoms. The molecule has 1 aromatic rings. The number of hydrogen-bond acceptors (Lipinski definition) is 0. The van der Waals surface area contributed by atoms with Crippen molar-refractivity contribution in [3.8, 4) is 0 Å². The molecule has 1 rings (SSSR count). The number of halogens is 4. The van der Waals surface area contributed by atoms with E-state index in [4.69, 9.17) is 0 Å². The predicted octanol–water partition coefficient (Wildman–Crippen LogP) is 2.84. The average molecular weight is 163 g/mol. The van der Waals surface area contributed by atoms with Crippen molar-refractivity contribution in [1.29, 1.82) is 0 Å². The van der Waals surface area contributed by atoms with Crippen LogP contribution < -0.4 is 0 Å². The first-order valence-electron chi connectivity index (χ1n) is 2.83. The molecule has 0 N–H and O–H groups in total. The first-order valence-corrected chi connectivity index (χ1v) is 2.83. The summed E-state index contributed by atoms with van der Waals surface area (Å²) in [4.78, 5) is 0. The van der Waals surface area contributed by atoms with E-state index in [1.54, 1.807) is 0 Å². The molecule has 0 unspecified atom stereocenters. The van der Waals surface area contributed by atoms with Gasteiger partial charge in [0.1, 0.15) is 5.82 Å². The second-order valence-electron chi connectivity index (χ2n) is 2.01. The Kier molecular flexibility index (Phi) is 1.85. The highest BCUT2D eigenvalue weighted by atomic mass is 19.4. The predicted molar refractivity (Wildman–Crippen MR) is 31.4 cm³/mol. The molecule has 0 saturated carbocycles. The van der Waals surface area contributed by atoms with Crippen LogP contribution in [0.15, 0.2) is 24.3 Å². The Morgan fingerprint density at radius 1 is 1.09 bits per heavy atom. The molecule has 0 amide bonds. The summed E-state index contributed by atoms with van der Waals surface area (Å²) in [5.74, 6) is -0.875. The number of alkyl halides is 3. The lowest BCUT2D eigenvalue weighted by atomic mass is 9.91. The van der Waals surface area contributed by atoms with Gasteiger partial charge in [0.25, 0.3) is 0 Å². The smallest absolute Gasteiger partial charge is 0.207 e. The third-order valence-electron chi connectivity index (χ3n) is 1.15. The Morgan fingerprint density at radius 3 is 2.09 bits per heavy atom. The monoisotopic (exact) mass is 163 g/mol. The number of hydrogen-bond donors (Lipinski definition) is 0. The van der Waals surface area contributed by atoms with E-state index in [0.717, 1.165) is 18.2 Å². The van der Waals surface area contributed by atoms with Gasteiger partial charge in [-0.3, -0.25) is 0 Å². The Labute approximate surface area is 60.5 Å². The Morgan fingerprint density at radius 2 is 1.73 bits per heavy atom. The van der Waals surface area contributed by atoms with E-state index in [2.05, 4.69) is 0 Å². The molecule has 0 atom stereocenters. The summed E-state index contributed by atoms with van der Waals surface area (Å²) < 4.78 is 47.6. The Bertz CT molecular complexity index is 251. The van der Waals surface area contributed by atoms with Crippen LogP contribution in [-0.4, -0.2) is 0 Å². The summed E-state index contributed by atoms with van der Waals surface area (Å²) in [6.07, 6.45) is -4.46. The summed E-state index contributed by atoms with van der Waals surface area (Å²) in [5.41, 5.74) is -0.961. The van der Waals surface area contributed by atoms with Crippen molar-refractivity contribution in [3.63, 3.8) is 0 Å². The molecule has 0 heterocycles. The van der Waals surface area contributed by atoms with Gasteiger partial charge >= 0.3 is 6.18 Å². The van der Waals surface area contributed by atoms with Gasteiger partial charge in [-0.1, -0.05) is 6.07 Å². The maximum atomic E-state index is 12.2. The van der Waals surface area contributed by atoms with Crippen molar-refractivity contribution in [2.45, 2.75) is 6.18 Å². The molecule has 0 saturated heterocycles. The summed E-state index contributed by atoms with van der Waals surface area (Å²) in [6, 6.07) is 3.27. The highest BCUT2D eigenvalue weighted by Crippen LogP contribution is 2.28. The van der Waals surface area contributed by atoms with E-state index >= 15 is 0 Å². The van der Waals surface area contributed by atoms with E-state index < -0.39 is 17.6 Å². The topological polar surface area (TPSA) is 0 Å². The van der Waals surface area contributed by atoms with Crippen LogP contribution in [0.5, 0.6) is 0 Å². The van der Waals surface area contributed by atoms with Crippen LogP contribution in [0.25, 0.3) is 0 Å². The molecule has 0 radical (unpaired) electrons. The van der Waals surface area contributed by atoms with Crippen LogP contribution in [0.2, 0.25) is 0 Å². The lowest BCUT2D eigenvalue weighted by Gasteiger charge is -2.04. The zero-order valence-corrected chi connectivity index (χ0v) is 5.32. The quantitative estimate of drug-likeness (QED) is 0.516. The minimum Gasteiger partial charge on any atom is -0.207 e. The van der Waals surface area contributed by atoms with Gasteiger partial charge in [0.05, 0.1) is 5.56 Å². The first kappa shape index (κ1) is 8.04. The van der Waals surface area contributed by atoms with Gasteiger partial charge < -0.3 is 0 Å². The normalized spacial score (nSPS) is 11.6. The van der Waals surface area contributed by atoms with Crippen molar-refractivity contribution in [3.05, 3.63) is 35.6 Å². The van der Waals surface area contributed by atoms with Gasteiger partial charge in [-0.05, 0) is 18.2 Å². The van der Waals surface area contributed by atoms with E-state index in [1.807, 2.05) is 0 Å². The van der Waals surface area contributed by atoms with E-state index in [9.17, 15) is 17.6 Å². The molecule has 1 aromatic carbocycles. The zero-order chi connectivity index (χ0) is 8.48. The molecule has 0 aliphatic heterocycles. The molecule has 0 aliphatic carbocycles. The molecule has 0 spiro atoms. The van der Waals surface area contributed by atoms with Crippen LogP contribution in [0.4, 0.5) is 17.6 Å². The third-order valence-corrected chi connectivity index (χ3v) is 1.15. The first-order chi connectivity index (χ1) is 5.00. The number of rotatable bonds is 0. The van der Waals surface area contributed by atoms with Gasteiger partial charge in [0, 0.05) is 0 Å². The highest BCUT2D eigenvalue weighted by Gasteiger charge is 2.30. The molecule has 60 valence electrons. The molecule has 11 heavy (non-hydrogen) atoms. The van der Waals surface area contributed by atoms with Crippen LogP contribution >= 0.6 is 0 Å². The van der Waals surface area contributed by atoms with Gasteiger partial charge in [0.2, 0.25) is 0 Å². The standard InChI is InChI=1S/C7H4F4/c8-6-3-1-2-5(4-6)7(9,10)11/h1-4H/i7-1. The molecule has 0 aliphatic rings. The minimum atomic E-state index is -4.46. The molecule has 0 nitrogen and oxygen atoms in total. The fourth-order valence-corrected chi connectivity index (χ4v) is 0.665.